The van der Waals surface area contributed by atoms with Gasteiger partial charge in [0.1, 0.15) is 22.3 Å². The molecule has 3 heterocycles. The van der Waals surface area contributed by atoms with Crippen molar-refractivity contribution in [3.63, 3.8) is 0 Å². The molecule has 0 aliphatic rings. The van der Waals surface area contributed by atoms with Gasteiger partial charge in [0.25, 0.3) is 0 Å². The molecule has 0 radical (unpaired) electrons. The molecule has 0 amide bonds. The summed E-state index contributed by atoms with van der Waals surface area (Å²) in [5, 5.41) is 11.4. The van der Waals surface area contributed by atoms with Crippen LogP contribution in [0.1, 0.15) is 0 Å². The summed E-state index contributed by atoms with van der Waals surface area (Å²) in [5.41, 5.74) is 8.14. The first-order valence-corrected chi connectivity index (χ1v) is 18.8. The van der Waals surface area contributed by atoms with E-state index in [0.717, 1.165) is 66.1 Å². The van der Waals surface area contributed by atoms with E-state index in [1.165, 1.54) is 37.9 Å². The Morgan fingerprint density at radius 3 is 1.62 bits per heavy atom. The third-order valence-electron chi connectivity index (χ3n) is 11.1. The largest absolute Gasteiger partial charge is 0.456 e. The predicted molar refractivity (Wildman–Crippen MR) is 229 cm³/mol. The molecule has 0 aliphatic carbocycles. The SMILES string of the molecule is c1ccc(-c2nc(-c3cccc4oc5ccccc5c34)nc(-c3cccc4oc5ccc(-c6cc7c8ccccc8ccc7c7ccccc67)cc5c34)n2)cc1. The Kier molecular flexibility index (Phi) is 6.56. The number of benzene rings is 9. The molecule has 0 unspecified atom stereocenters. The fourth-order valence-electron chi connectivity index (χ4n) is 8.57. The molecule has 0 aliphatic heterocycles. The first-order valence-electron chi connectivity index (χ1n) is 18.8. The van der Waals surface area contributed by atoms with Crippen LogP contribution in [0.3, 0.4) is 0 Å². The molecular formula is C51H29N3O2. The van der Waals surface area contributed by atoms with Crippen molar-refractivity contribution in [1.82, 2.24) is 15.0 Å². The lowest BCUT2D eigenvalue weighted by Gasteiger charge is -2.13. The van der Waals surface area contributed by atoms with Crippen LogP contribution in [0, 0.1) is 0 Å². The zero-order chi connectivity index (χ0) is 36.7. The van der Waals surface area contributed by atoms with E-state index in [0.29, 0.717) is 17.5 Å². The number of fused-ring (bicyclic) bond motifs is 11. The van der Waals surface area contributed by atoms with E-state index in [2.05, 4.69) is 103 Å². The standard InChI is InChI=1S/C51H29N3O2/c1-2-13-31(14-3-1)49-52-50(38-19-10-22-45-47(38)37-18-8-9-21-43(37)55-45)54-51(53-49)39-20-11-23-46-48(39)42-28-32(25-27-44(42)56-46)40-29-41-33-15-5-4-12-30(33)24-26-36(41)34-16-6-7-17-35(34)40/h1-29H. The topological polar surface area (TPSA) is 65.0 Å². The summed E-state index contributed by atoms with van der Waals surface area (Å²) in [6.07, 6.45) is 0. The lowest BCUT2D eigenvalue weighted by atomic mass is 9.90. The van der Waals surface area contributed by atoms with Gasteiger partial charge in [-0.25, -0.2) is 15.0 Å². The van der Waals surface area contributed by atoms with Crippen molar-refractivity contribution in [3.05, 3.63) is 176 Å². The van der Waals surface area contributed by atoms with E-state index in [1.807, 2.05) is 72.8 Å². The monoisotopic (exact) mass is 715 g/mol. The van der Waals surface area contributed by atoms with Gasteiger partial charge in [-0.2, -0.15) is 0 Å². The summed E-state index contributed by atoms with van der Waals surface area (Å²) < 4.78 is 12.8. The van der Waals surface area contributed by atoms with Gasteiger partial charge in [0, 0.05) is 38.2 Å². The molecule has 0 saturated heterocycles. The van der Waals surface area contributed by atoms with Crippen LogP contribution in [-0.4, -0.2) is 15.0 Å². The second-order valence-electron chi connectivity index (χ2n) is 14.3. The van der Waals surface area contributed by atoms with Crippen molar-refractivity contribution in [2.24, 2.45) is 0 Å². The highest BCUT2D eigenvalue weighted by atomic mass is 16.3. The molecule has 0 spiro atoms. The van der Waals surface area contributed by atoms with E-state index in [9.17, 15) is 0 Å². The number of furan rings is 2. The van der Waals surface area contributed by atoms with Gasteiger partial charge in [-0.15, -0.1) is 0 Å². The Morgan fingerprint density at radius 1 is 0.286 bits per heavy atom. The molecule has 0 atom stereocenters. The maximum Gasteiger partial charge on any atom is 0.164 e. The fourth-order valence-corrected chi connectivity index (χ4v) is 8.57. The van der Waals surface area contributed by atoms with E-state index < -0.39 is 0 Å². The molecule has 12 aromatic rings. The van der Waals surface area contributed by atoms with Crippen LogP contribution < -0.4 is 0 Å². The van der Waals surface area contributed by atoms with Crippen LogP contribution >= 0.6 is 0 Å². The molecule has 3 aromatic heterocycles. The molecule has 5 heteroatoms. The highest BCUT2D eigenvalue weighted by Crippen LogP contribution is 2.43. The van der Waals surface area contributed by atoms with E-state index in [-0.39, 0.29) is 0 Å². The molecule has 9 aromatic carbocycles. The molecular weight excluding hydrogens is 687 g/mol. The zero-order valence-corrected chi connectivity index (χ0v) is 29.9. The Bertz CT molecular complexity index is 3550. The van der Waals surface area contributed by atoms with Gasteiger partial charge < -0.3 is 8.83 Å². The molecule has 0 N–H and O–H groups in total. The predicted octanol–water partition coefficient (Wildman–Crippen LogP) is 13.8. The minimum Gasteiger partial charge on any atom is -0.456 e. The Hall–Kier alpha value is -7.63. The van der Waals surface area contributed by atoms with Crippen LogP contribution in [0.2, 0.25) is 0 Å². The molecule has 0 fully saturated rings. The van der Waals surface area contributed by atoms with Gasteiger partial charge in [0.2, 0.25) is 0 Å². The summed E-state index contributed by atoms with van der Waals surface area (Å²) in [6.45, 7) is 0. The number of hydrogen-bond donors (Lipinski definition) is 0. The Morgan fingerprint density at radius 2 is 0.857 bits per heavy atom. The van der Waals surface area contributed by atoms with Gasteiger partial charge in [-0.05, 0) is 79.8 Å². The molecule has 0 bridgehead atoms. The smallest absolute Gasteiger partial charge is 0.164 e. The minimum atomic E-state index is 0.569. The maximum atomic E-state index is 6.56. The van der Waals surface area contributed by atoms with E-state index in [4.69, 9.17) is 23.8 Å². The normalized spacial score (nSPS) is 11.9. The van der Waals surface area contributed by atoms with Gasteiger partial charge >= 0.3 is 0 Å². The molecule has 56 heavy (non-hydrogen) atoms. The van der Waals surface area contributed by atoms with Crippen molar-refractivity contribution >= 4 is 76.2 Å². The average Bonchev–Trinajstić information content (AvgIpc) is 3.84. The van der Waals surface area contributed by atoms with Crippen molar-refractivity contribution in [2.45, 2.75) is 0 Å². The molecule has 0 saturated carbocycles. The second-order valence-corrected chi connectivity index (χ2v) is 14.3. The summed E-state index contributed by atoms with van der Waals surface area (Å²) in [6, 6.07) is 61.1. The van der Waals surface area contributed by atoms with E-state index in [1.54, 1.807) is 0 Å². The van der Waals surface area contributed by atoms with Crippen molar-refractivity contribution in [1.29, 1.82) is 0 Å². The first-order chi connectivity index (χ1) is 27.7. The third kappa shape index (κ3) is 4.64. The lowest BCUT2D eigenvalue weighted by molar-refractivity contribution is 0.668. The third-order valence-corrected chi connectivity index (χ3v) is 11.1. The molecule has 12 rings (SSSR count). The summed E-state index contributed by atoms with van der Waals surface area (Å²) >= 11 is 0. The van der Waals surface area contributed by atoms with Gasteiger partial charge in [0.05, 0.1) is 0 Å². The highest BCUT2D eigenvalue weighted by molar-refractivity contribution is 6.22. The van der Waals surface area contributed by atoms with Gasteiger partial charge in [-0.1, -0.05) is 140 Å². The molecule has 260 valence electrons. The quantitative estimate of drug-likeness (QED) is 0.170. The van der Waals surface area contributed by atoms with Crippen LogP contribution in [-0.2, 0) is 0 Å². The number of hydrogen-bond acceptors (Lipinski definition) is 5. The summed E-state index contributed by atoms with van der Waals surface area (Å²) in [5.74, 6) is 1.74. The van der Waals surface area contributed by atoms with Crippen molar-refractivity contribution < 1.29 is 8.83 Å². The average molecular weight is 716 g/mol. The van der Waals surface area contributed by atoms with Crippen LogP contribution in [0.25, 0.3) is 121 Å². The maximum absolute atomic E-state index is 6.56. The van der Waals surface area contributed by atoms with Crippen molar-refractivity contribution in [3.8, 4) is 45.3 Å². The molecule has 5 nitrogen and oxygen atoms in total. The second kappa shape index (κ2) is 11.9. The number of para-hydroxylation sites is 1. The van der Waals surface area contributed by atoms with Crippen molar-refractivity contribution in [2.75, 3.05) is 0 Å². The number of nitrogens with zero attached hydrogens (tertiary/aromatic N) is 3. The zero-order valence-electron chi connectivity index (χ0n) is 29.9. The first kappa shape index (κ1) is 30.8. The fraction of sp³-hybridized carbons (Fsp3) is 0. The lowest BCUT2D eigenvalue weighted by Crippen LogP contribution is -2.00. The van der Waals surface area contributed by atoms with Crippen LogP contribution in [0.5, 0.6) is 0 Å². The van der Waals surface area contributed by atoms with Crippen LogP contribution in [0.15, 0.2) is 185 Å². The number of aromatic nitrogens is 3. The Balaban J connectivity index is 1.11. The summed E-state index contributed by atoms with van der Waals surface area (Å²) in [7, 11) is 0. The van der Waals surface area contributed by atoms with Crippen LogP contribution in [0.4, 0.5) is 0 Å². The Labute approximate surface area is 320 Å². The van der Waals surface area contributed by atoms with Gasteiger partial charge in [0.15, 0.2) is 17.5 Å². The highest BCUT2D eigenvalue weighted by Gasteiger charge is 2.21. The van der Waals surface area contributed by atoms with Gasteiger partial charge in [-0.3, -0.25) is 0 Å². The van der Waals surface area contributed by atoms with E-state index >= 15 is 0 Å². The minimum absolute atomic E-state index is 0.569. The summed E-state index contributed by atoms with van der Waals surface area (Å²) in [4.78, 5) is 15.5. The number of rotatable bonds is 4.